The van der Waals surface area contributed by atoms with Gasteiger partial charge in [-0.3, -0.25) is 0 Å². The van der Waals surface area contributed by atoms with Gasteiger partial charge in [0.05, 0.1) is 7.11 Å². The standard InChI is InChI=1S/C13H12ClNO3/c1-7-6-9(14)4-5-10(7)12-11(13(16)17-3)8(2)18-15-12/h4-6H,1-3H3. The number of nitrogens with zero attached hydrogens (tertiary/aromatic N) is 1. The lowest BCUT2D eigenvalue weighted by Crippen LogP contribution is -2.04. The van der Waals surface area contributed by atoms with Gasteiger partial charge in [0.25, 0.3) is 0 Å². The first kappa shape index (κ1) is 12.6. The highest BCUT2D eigenvalue weighted by Crippen LogP contribution is 2.29. The van der Waals surface area contributed by atoms with Crippen LogP contribution in [0.4, 0.5) is 0 Å². The summed E-state index contributed by atoms with van der Waals surface area (Å²) in [6, 6.07) is 5.36. The molecule has 0 aliphatic rings. The summed E-state index contributed by atoms with van der Waals surface area (Å²) < 4.78 is 9.81. The molecule has 0 N–H and O–H groups in total. The minimum absolute atomic E-state index is 0.350. The highest BCUT2D eigenvalue weighted by molar-refractivity contribution is 6.30. The Morgan fingerprint density at radius 3 is 2.72 bits per heavy atom. The van der Waals surface area contributed by atoms with Crippen molar-refractivity contribution in [3.8, 4) is 11.3 Å². The maximum atomic E-state index is 11.7. The van der Waals surface area contributed by atoms with Crippen LogP contribution in [0.15, 0.2) is 22.7 Å². The second-order valence-corrected chi connectivity index (χ2v) is 4.35. The SMILES string of the molecule is COC(=O)c1c(-c2ccc(Cl)cc2C)noc1C. The molecule has 0 amide bonds. The zero-order valence-corrected chi connectivity index (χ0v) is 11.0. The summed E-state index contributed by atoms with van der Waals surface area (Å²) in [6.07, 6.45) is 0. The number of aromatic nitrogens is 1. The van der Waals surface area contributed by atoms with E-state index in [1.165, 1.54) is 7.11 Å². The van der Waals surface area contributed by atoms with Gasteiger partial charge < -0.3 is 9.26 Å². The Morgan fingerprint density at radius 1 is 1.39 bits per heavy atom. The fraction of sp³-hybridized carbons (Fsp3) is 0.231. The summed E-state index contributed by atoms with van der Waals surface area (Å²) in [5.74, 6) is -0.0238. The van der Waals surface area contributed by atoms with Crippen LogP contribution in [0.2, 0.25) is 5.02 Å². The number of halogens is 1. The van der Waals surface area contributed by atoms with Crippen molar-refractivity contribution >= 4 is 17.6 Å². The van der Waals surface area contributed by atoms with Gasteiger partial charge in [0.1, 0.15) is 17.0 Å². The average Bonchev–Trinajstić information content (AvgIpc) is 2.70. The van der Waals surface area contributed by atoms with E-state index >= 15 is 0 Å². The van der Waals surface area contributed by atoms with E-state index in [0.29, 0.717) is 22.0 Å². The smallest absolute Gasteiger partial charge is 0.343 e. The fourth-order valence-corrected chi connectivity index (χ4v) is 2.02. The van der Waals surface area contributed by atoms with Crippen molar-refractivity contribution in [1.82, 2.24) is 5.16 Å². The minimum atomic E-state index is -0.460. The molecule has 0 saturated carbocycles. The van der Waals surface area contributed by atoms with Crippen molar-refractivity contribution in [1.29, 1.82) is 0 Å². The molecular formula is C13H12ClNO3. The third-order valence-corrected chi connectivity index (χ3v) is 2.93. The number of methoxy groups -OCH3 is 1. The van der Waals surface area contributed by atoms with Crippen LogP contribution in [-0.2, 0) is 4.74 Å². The molecule has 94 valence electrons. The molecule has 0 radical (unpaired) electrons. The van der Waals surface area contributed by atoms with E-state index < -0.39 is 5.97 Å². The first-order valence-electron chi connectivity index (χ1n) is 5.35. The number of hydrogen-bond acceptors (Lipinski definition) is 4. The molecular weight excluding hydrogens is 254 g/mol. The first-order valence-corrected chi connectivity index (χ1v) is 5.73. The summed E-state index contributed by atoms with van der Waals surface area (Å²) in [7, 11) is 1.33. The highest BCUT2D eigenvalue weighted by Gasteiger charge is 2.23. The summed E-state index contributed by atoms with van der Waals surface area (Å²) >= 11 is 5.90. The van der Waals surface area contributed by atoms with E-state index in [0.717, 1.165) is 11.1 Å². The number of carbonyl (C=O) groups is 1. The molecule has 18 heavy (non-hydrogen) atoms. The second-order valence-electron chi connectivity index (χ2n) is 3.91. The normalized spacial score (nSPS) is 10.4. The topological polar surface area (TPSA) is 52.3 Å². The number of carbonyl (C=O) groups excluding carboxylic acids is 1. The largest absolute Gasteiger partial charge is 0.465 e. The molecule has 0 aliphatic heterocycles. The van der Waals surface area contributed by atoms with E-state index in [1.807, 2.05) is 13.0 Å². The van der Waals surface area contributed by atoms with Crippen molar-refractivity contribution in [3.05, 3.63) is 40.1 Å². The summed E-state index contributed by atoms with van der Waals surface area (Å²) in [5.41, 5.74) is 2.55. The quantitative estimate of drug-likeness (QED) is 0.781. The van der Waals surface area contributed by atoms with Crippen LogP contribution in [0.1, 0.15) is 21.7 Å². The van der Waals surface area contributed by atoms with E-state index in [4.69, 9.17) is 20.9 Å². The molecule has 5 heteroatoms. The maximum absolute atomic E-state index is 11.7. The third-order valence-electron chi connectivity index (χ3n) is 2.70. The average molecular weight is 266 g/mol. The van der Waals surface area contributed by atoms with Crippen molar-refractivity contribution in [2.45, 2.75) is 13.8 Å². The molecule has 0 spiro atoms. The first-order chi connectivity index (χ1) is 8.54. The van der Waals surface area contributed by atoms with Crippen LogP contribution in [-0.4, -0.2) is 18.2 Å². The monoisotopic (exact) mass is 265 g/mol. The summed E-state index contributed by atoms with van der Waals surface area (Å²) in [6.45, 7) is 3.57. The fourth-order valence-electron chi connectivity index (χ4n) is 1.79. The van der Waals surface area contributed by atoms with Gasteiger partial charge in [-0.05, 0) is 31.5 Å². The maximum Gasteiger partial charge on any atom is 0.343 e. The van der Waals surface area contributed by atoms with Crippen molar-refractivity contribution in [2.24, 2.45) is 0 Å². The van der Waals surface area contributed by atoms with Gasteiger partial charge in [-0.1, -0.05) is 22.8 Å². The van der Waals surface area contributed by atoms with Crippen LogP contribution in [0.25, 0.3) is 11.3 Å². The van der Waals surface area contributed by atoms with Gasteiger partial charge in [-0.2, -0.15) is 0 Å². The molecule has 1 aromatic carbocycles. The molecule has 0 unspecified atom stereocenters. The Hall–Kier alpha value is -1.81. The van der Waals surface area contributed by atoms with E-state index in [-0.39, 0.29) is 0 Å². The molecule has 2 aromatic rings. The zero-order chi connectivity index (χ0) is 13.3. The number of esters is 1. The molecule has 0 fully saturated rings. The number of benzene rings is 1. The van der Waals surface area contributed by atoms with Crippen LogP contribution in [0.5, 0.6) is 0 Å². The van der Waals surface area contributed by atoms with Crippen molar-refractivity contribution < 1.29 is 14.1 Å². The highest BCUT2D eigenvalue weighted by atomic mass is 35.5. The van der Waals surface area contributed by atoms with Gasteiger partial charge in [-0.15, -0.1) is 0 Å². The zero-order valence-electron chi connectivity index (χ0n) is 10.3. The summed E-state index contributed by atoms with van der Waals surface area (Å²) in [5, 5.41) is 4.56. The molecule has 0 aliphatic carbocycles. The number of hydrogen-bond donors (Lipinski definition) is 0. The van der Waals surface area contributed by atoms with Gasteiger partial charge >= 0.3 is 5.97 Å². The number of rotatable bonds is 2. The van der Waals surface area contributed by atoms with Gasteiger partial charge in [0.2, 0.25) is 0 Å². The molecule has 2 rings (SSSR count). The Morgan fingerprint density at radius 2 is 2.11 bits per heavy atom. The Bertz CT molecular complexity index is 604. The van der Waals surface area contributed by atoms with Crippen LogP contribution in [0, 0.1) is 13.8 Å². The van der Waals surface area contributed by atoms with Gasteiger partial charge in [0, 0.05) is 10.6 Å². The van der Waals surface area contributed by atoms with E-state index in [2.05, 4.69) is 5.16 Å². The van der Waals surface area contributed by atoms with Crippen LogP contribution in [0.3, 0.4) is 0 Å². The minimum Gasteiger partial charge on any atom is -0.465 e. The number of ether oxygens (including phenoxy) is 1. The lowest BCUT2D eigenvalue weighted by atomic mass is 10.0. The molecule has 0 saturated heterocycles. The Kier molecular flexibility index (Phi) is 3.39. The van der Waals surface area contributed by atoms with Crippen LogP contribution >= 0.6 is 11.6 Å². The second kappa shape index (κ2) is 4.82. The third kappa shape index (κ3) is 2.11. The molecule has 1 aromatic heterocycles. The Labute approximate surface area is 109 Å². The lowest BCUT2D eigenvalue weighted by molar-refractivity contribution is 0.0599. The molecule has 1 heterocycles. The van der Waals surface area contributed by atoms with Crippen molar-refractivity contribution in [2.75, 3.05) is 7.11 Å². The van der Waals surface area contributed by atoms with Gasteiger partial charge in [0.15, 0.2) is 0 Å². The van der Waals surface area contributed by atoms with E-state index in [9.17, 15) is 4.79 Å². The van der Waals surface area contributed by atoms with Crippen LogP contribution < -0.4 is 0 Å². The van der Waals surface area contributed by atoms with Crippen molar-refractivity contribution in [3.63, 3.8) is 0 Å². The molecule has 0 bridgehead atoms. The predicted octanol–water partition coefficient (Wildman–Crippen LogP) is 3.40. The molecule has 4 nitrogen and oxygen atoms in total. The van der Waals surface area contributed by atoms with E-state index in [1.54, 1.807) is 19.1 Å². The lowest BCUT2D eigenvalue weighted by Gasteiger charge is -2.04. The van der Waals surface area contributed by atoms with Gasteiger partial charge in [-0.25, -0.2) is 4.79 Å². The predicted molar refractivity (Wildman–Crippen MR) is 67.8 cm³/mol. The summed E-state index contributed by atoms with van der Waals surface area (Å²) in [4.78, 5) is 11.7. The number of aryl methyl sites for hydroxylation is 2. The molecule has 0 atom stereocenters. The Balaban J connectivity index is 2.61.